The monoisotopic (exact) mass is 499 g/mol. The number of aromatic amines is 1. The molecule has 1 unspecified atom stereocenters. The molecule has 10 heteroatoms. The first-order chi connectivity index (χ1) is 17.7. The standard InChI is InChI=1S/C26H22ClN7O2/c27-20-8-6-19(7-9-20)14-34-25(31-32-33-34)26(24-15-35-17-36-24,13-18-4-2-1-3-5-18)30-21-10-11-22-23(12-21)29-16-28-22/h1-12,15-16,30H,13-14,17H2,(H,28,29). The van der Waals surface area contributed by atoms with Crippen molar-refractivity contribution in [3.05, 3.63) is 113 Å². The van der Waals surface area contributed by atoms with Gasteiger partial charge in [-0.2, -0.15) is 0 Å². The van der Waals surface area contributed by atoms with Crippen molar-refractivity contribution < 1.29 is 9.47 Å². The first kappa shape index (κ1) is 22.1. The third kappa shape index (κ3) is 4.25. The molecule has 3 aromatic carbocycles. The third-order valence-corrected chi connectivity index (χ3v) is 6.39. The number of nitrogens with one attached hydrogen (secondary N) is 2. The number of hydrogen-bond donors (Lipinski definition) is 2. The van der Waals surface area contributed by atoms with Gasteiger partial charge < -0.3 is 19.8 Å². The Morgan fingerprint density at radius 2 is 1.89 bits per heavy atom. The molecule has 1 aliphatic heterocycles. The predicted octanol–water partition coefficient (Wildman–Crippen LogP) is 4.65. The van der Waals surface area contributed by atoms with Crippen molar-refractivity contribution in [2.24, 2.45) is 0 Å². The van der Waals surface area contributed by atoms with Gasteiger partial charge in [-0.25, -0.2) is 9.67 Å². The summed E-state index contributed by atoms with van der Waals surface area (Å²) < 4.78 is 13.3. The number of rotatable bonds is 8. The van der Waals surface area contributed by atoms with Gasteiger partial charge in [0.1, 0.15) is 6.26 Å². The topological polar surface area (TPSA) is 103 Å². The van der Waals surface area contributed by atoms with Crippen LogP contribution in [0, 0.1) is 0 Å². The van der Waals surface area contributed by atoms with E-state index in [1.165, 1.54) is 0 Å². The normalized spacial score (nSPS) is 14.6. The Kier molecular flexibility index (Phi) is 5.74. The molecule has 180 valence electrons. The highest BCUT2D eigenvalue weighted by Crippen LogP contribution is 2.39. The maximum absolute atomic E-state index is 6.10. The van der Waals surface area contributed by atoms with Gasteiger partial charge in [0.2, 0.25) is 6.79 Å². The van der Waals surface area contributed by atoms with Crippen LogP contribution in [0.2, 0.25) is 5.02 Å². The highest BCUT2D eigenvalue weighted by atomic mass is 35.5. The van der Waals surface area contributed by atoms with Crippen molar-refractivity contribution in [3.63, 3.8) is 0 Å². The van der Waals surface area contributed by atoms with Gasteiger partial charge in [-0.1, -0.05) is 54.1 Å². The smallest absolute Gasteiger partial charge is 0.230 e. The number of hydrogen-bond acceptors (Lipinski definition) is 7. The Hall–Kier alpha value is -4.37. The first-order valence-corrected chi connectivity index (χ1v) is 11.8. The third-order valence-electron chi connectivity index (χ3n) is 6.14. The van der Waals surface area contributed by atoms with Crippen LogP contribution in [0.1, 0.15) is 17.0 Å². The number of tetrazole rings is 1. The summed E-state index contributed by atoms with van der Waals surface area (Å²) >= 11 is 6.10. The molecule has 2 aromatic heterocycles. The molecular formula is C26H22ClN7O2. The van der Waals surface area contributed by atoms with Gasteiger partial charge in [-0.05, 0) is 51.9 Å². The fourth-order valence-electron chi connectivity index (χ4n) is 4.44. The van der Waals surface area contributed by atoms with Crippen LogP contribution in [-0.4, -0.2) is 37.0 Å². The minimum Gasteiger partial charge on any atom is -0.461 e. The quantitative estimate of drug-likeness (QED) is 0.320. The number of imidazole rings is 1. The van der Waals surface area contributed by atoms with Gasteiger partial charge in [0, 0.05) is 17.1 Å². The lowest BCUT2D eigenvalue weighted by Gasteiger charge is -2.34. The molecule has 6 rings (SSSR count). The summed E-state index contributed by atoms with van der Waals surface area (Å²) in [6.07, 6.45) is 3.81. The summed E-state index contributed by atoms with van der Waals surface area (Å²) in [4.78, 5) is 7.50. The zero-order valence-corrected chi connectivity index (χ0v) is 19.9. The van der Waals surface area contributed by atoms with Crippen molar-refractivity contribution in [3.8, 4) is 0 Å². The fraction of sp³-hybridized carbons (Fsp3) is 0.154. The van der Waals surface area contributed by atoms with E-state index in [-0.39, 0.29) is 6.79 Å². The first-order valence-electron chi connectivity index (χ1n) is 11.4. The Labute approximate surface area is 211 Å². The van der Waals surface area contributed by atoms with Gasteiger partial charge >= 0.3 is 0 Å². The average molecular weight is 500 g/mol. The number of nitrogens with zero attached hydrogens (tertiary/aromatic N) is 5. The number of anilines is 1. The van der Waals surface area contributed by atoms with Crippen molar-refractivity contribution in [2.45, 2.75) is 18.5 Å². The summed E-state index contributed by atoms with van der Waals surface area (Å²) in [6.45, 7) is 0.567. The molecule has 9 nitrogen and oxygen atoms in total. The average Bonchev–Trinajstić information content (AvgIpc) is 3.68. The maximum Gasteiger partial charge on any atom is 0.230 e. The molecule has 0 saturated carbocycles. The lowest BCUT2D eigenvalue weighted by atomic mass is 9.87. The second-order valence-electron chi connectivity index (χ2n) is 8.52. The van der Waals surface area contributed by atoms with Crippen LogP contribution in [0.4, 0.5) is 5.69 Å². The lowest BCUT2D eigenvalue weighted by molar-refractivity contribution is 0.0672. The molecule has 0 aliphatic carbocycles. The van der Waals surface area contributed by atoms with E-state index in [0.29, 0.717) is 29.6 Å². The van der Waals surface area contributed by atoms with Crippen LogP contribution in [0.5, 0.6) is 0 Å². The highest BCUT2D eigenvalue weighted by molar-refractivity contribution is 6.30. The Morgan fingerprint density at radius 1 is 1.03 bits per heavy atom. The molecule has 0 bridgehead atoms. The predicted molar refractivity (Wildman–Crippen MR) is 135 cm³/mol. The number of benzene rings is 3. The highest BCUT2D eigenvalue weighted by Gasteiger charge is 2.45. The molecular weight excluding hydrogens is 478 g/mol. The van der Waals surface area contributed by atoms with E-state index in [4.69, 9.17) is 21.1 Å². The SMILES string of the molecule is Clc1ccc(Cn2nnnc2C(Cc2ccccc2)(Nc2ccc3nc[nH]c3c2)C2=COCO2)cc1. The van der Waals surface area contributed by atoms with Crippen LogP contribution in [0.25, 0.3) is 11.0 Å². The molecule has 0 radical (unpaired) electrons. The van der Waals surface area contributed by atoms with Gasteiger partial charge in [-0.15, -0.1) is 5.10 Å². The largest absolute Gasteiger partial charge is 0.461 e. The molecule has 0 saturated heterocycles. The van der Waals surface area contributed by atoms with E-state index in [1.807, 2.05) is 60.7 Å². The lowest BCUT2D eigenvalue weighted by Crippen LogP contribution is -2.43. The molecule has 2 N–H and O–H groups in total. The summed E-state index contributed by atoms with van der Waals surface area (Å²) in [5.41, 5.74) is 3.75. The van der Waals surface area contributed by atoms with E-state index in [2.05, 4.69) is 42.9 Å². The van der Waals surface area contributed by atoms with Gasteiger partial charge in [-0.3, -0.25) is 0 Å². The zero-order chi connectivity index (χ0) is 24.4. The van der Waals surface area contributed by atoms with Gasteiger partial charge in [0.25, 0.3) is 0 Å². The molecule has 0 fully saturated rings. The fourth-order valence-corrected chi connectivity index (χ4v) is 4.57. The second-order valence-corrected chi connectivity index (χ2v) is 8.96. The van der Waals surface area contributed by atoms with E-state index < -0.39 is 5.54 Å². The number of halogens is 1. The summed E-state index contributed by atoms with van der Waals surface area (Å²) in [7, 11) is 0. The summed E-state index contributed by atoms with van der Waals surface area (Å²) in [5.74, 6) is 1.17. The maximum atomic E-state index is 6.10. The van der Waals surface area contributed by atoms with Crippen LogP contribution in [0.15, 0.2) is 91.1 Å². The number of aromatic nitrogens is 6. The zero-order valence-electron chi connectivity index (χ0n) is 19.1. The summed E-state index contributed by atoms with van der Waals surface area (Å²) in [6, 6.07) is 23.7. The number of H-pyrrole nitrogens is 1. The number of ether oxygens (including phenoxy) is 2. The molecule has 36 heavy (non-hydrogen) atoms. The molecule has 5 aromatic rings. The Balaban J connectivity index is 1.49. The Morgan fingerprint density at radius 3 is 2.69 bits per heavy atom. The Bertz CT molecular complexity index is 1510. The molecule has 0 amide bonds. The van der Waals surface area contributed by atoms with Crippen LogP contribution in [0.3, 0.4) is 0 Å². The van der Waals surface area contributed by atoms with Crippen molar-refractivity contribution in [2.75, 3.05) is 12.1 Å². The van der Waals surface area contributed by atoms with Crippen LogP contribution < -0.4 is 5.32 Å². The van der Waals surface area contributed by atoms with Gasteiger partial charge in [0.15, 0.2) is 17.1 Å². The van der Waals surface area contributed by atoms with Crippen molar-refractivity contribution in [1.29, 1.82) is 0 Å². The molecule has 1 aliphatic rings. The second kappa shape index (κ2) is 9.35. The number of fused-ring (bicyclic) bond motifs is 1. The molecule has 1 atom stereocenters. The molecule has 0 spiro atoms. The van der Waals surface area contributed by atoms with Crippen LogP contribution in [-0.2, 0) is 28.0 Å². The molecule has 3 heterocycles. The van der Waals surface area contributed by atoms with E-state index >= 15 is 0 Å². The summed E-state index contributed by atoms with van der Waals surface area (Å²) in [5, 5.41) is 17.3. The van der Waals surface area contributed by atoms with Crippen molar-refractivity contribution >= 4 is 28.3 Å². The van der Waals surface area contributed by atoms with Gasteiger partial charge in [0.05, 0.1) is 23.9 Å². The van der Waals surface area contributed by atoms with Crippen molar-refractivity contribution in [1.82, 2.24) is 30.2 Å². The van der Waals surface area contributed by atoms with E-state index in [0.717, 1.165) is 27.8 Å². The van der Waals surface area contributed by atoms with Crippen LogP contribution >= 0.6 is 11.6 Å². The minimum atomic E-state index is -0.971. The minimum absolute atomic E-state index is 0.117. The van der Waals surface area contributed by atoms with E-state index in [1.54, 1.807) is 17.3 Å². The van der Waals surface area contributed by atoms with E-state index in [9.17, 15) is 0 Å².